The molecule has 1 aromatic carbocycles. The van der Waals surface area contributed by atoms with E-state index in [1.807, 2.05) is 18.7 Å². The molecule has 8 nitrogen and oxygen atoms in total. The maximum atomic E-state index is 13.0. The highest BCUT2D eigenvalue weighted by molar-refractivity contribution is 7.89. The van der Waals surface area contributed by atoms with E-state index < -0.39 is 10.0 Å². The Bertz CT molecular complexity index is 847. The van der Waals surface area contributed by atoms with Crippen molar-refractivity contribution in [2.24, 2.45) is 0 Å². The second-order valence-electron chi connectivity index (χ2n) is 7.70. The molecule has 9 heteroatoms. The lowest BCUT2D eigenvalue weighted by Gasteiger charge is -2.34. The number of carbonyl (C=O) groups excluding carboxylic acids is 2. The van der Waals surface area contributed by atoms with Gasteiger partial charge in [-0.2, -0.15) is 4.31 Å². The van der Waals surface area contributed by atoms with Gasteiger partial charge in [0.25, 0.3) is 5.91 Å². The fourth-order valence-electron chi connectivity index (χ4n) is 3.79. The van der Waals surface area contributed by atoms with Crippen LogP contribution in [0.5, 0.6) is 0 Å². The van der Waals surface area contributed by atoms with E-state index in [-0.39, 0.29) is 42.0 Å². The van der Waals surface area contributed by atoms with Crippen LogP contribution in [0.25, 0.3) is 0 Å². The van der Waals surface area contributed by atoms with Crippen molar-refractivity contribution in [2.45, 2.75) is 50.2 Å². The molecule has 2 saturated heterocycles. The Balaban J connectivity index is 1.59. The molecule has 0 radical (unpaired) electrons. The van der Waals surface area contributed by atoms with Crippen LogP contribution in [0.4, 0.5) is 0 Å². The van der Waals surface area contributed by atoms with Gasteiger partial charge in [-0.1, -0.05) is 6.07 Å². The Hall–Kier alpha value is -1.97. The summed E-state index contributed by atoms with van der Waals surface area (Å²) in [5.41, 5.74) is 0.303. The highest BCUT2D eigenvalue weighted by atomic mass is 32.2. The molecule has 2 aliphatic heterocycles. The molecule has 0 bridgehead atoms. The first-order chi connectivity index (χ1) is 13.8. The minimum Gasteiger partial charge on any atom is -0.373 e. The van der Waals surface area contributed by atoms with E-state index in [2.05, 4.69) is 5.32 Å². The summed E-state index contributed by atoms with van der Waals surface area (Å²) in [4.78, 5) is 26.0. The molecule has 2 unspecified atom stereocenters. The molecular formula is C20H29N3O5S. The van der Waals surface area contributed by atoms with Crippen molar-refractivity contribution in [1.29, 1.82) is 0 Å². The van der Waals surface area contributed by atoms with Gasteiger partial charge >= 0.3 is 0 Å². The average molecular weight is 424 g/mol. The van der Waals surface area contributed by atoms with Crippen molar-refractivity contribution >= 4 is 21.8 Å². The zero-order valence-electron chi connectivity index (χ0n) is 17.0. The molecule has 160 valence electrons. The quantitative estimate of drug-likeness (QED) is 0.666. The number of carbonyl (C=O) groups is 2. The maximum Gasteiger partial charge on any atom is 0.251 e. The highest BCUT2D eigenvalue weighted by Crippen LogP contribution is 2.22. The van der Waals surface area contributed by atoms with Crippen LogP contribution in [0.2, 0.25) is 0 Å². The van der Waals surface area contributed by atoms with Crippen molar-refractivity contribution in [2.75, 3.05) is 32.7 Å². The van der Waals surface area contributed by atoms with Crippen LogP contribution < -0.4 is 5.32 Å². The third-order valence-electron chi connectivity index (χ3n) is 5.18. The van der Waals surface area contributed by atoms with Crippen molar-refractivity contribution in [3.8, 4) is 0 Å². The lowest BCUT2D eigenvalue weighted by Crippen LogP contribution is -2.48. The van der Waals surface area contributed by atoms with Crippen LogP contribution in [0.1, 0.15) is 43.5 Å². The number of amides is 2. The highest BCUT2D eigenvalue weighted by Gasteiger charge is 2.32. The second-order valence-corrected chi connectivity index (χ2v) is 9.64. The van der Waals surface area contributed by atoms with Crippen LogP contribution in [0.3, 0.4) is 0 Å². The van der Waals surface area contributed by atoms with E-state index in [0.717, 1.165) is 13.0 Å². The lowest BCUT2D eigenvalue weighted by atomic mass is 10.2. The molecule has 3 rings (SSSR count). The van der Waals surface area contributed by atoms with Crippen LogP contribution in [0.15, 0.2) is 29.2 Å². The molecule has 0 spiro atoms. The molecular weight excluding hydrogens is 394 g/mol. The fraction of sp³-hybridized carbons (Fsp3) is 0.600. The normalized spacial score (nSPS) is 23.4. The predicted molar refractivity (Wildman–Crippen MR) is 108 cm³/mol. The standard InChI is InChI=1S/C20H29N3O5S/c1-15-13-23(14-16(2)28-15)29(26,27)18-7-3-6-17(12-18)20(25)21-9-5-11-22-10-4-8-19(22)24/h3,6-7,12,15-16H,4-5,8-11,13-14H2,1-2H3,(H,21,25). The third-order valence-corrected chi connectivity index (χ3v) is 7.01. The molecule has 0 aromatic heterocycles. The number of sulfonamides is 1. The van der Waals surface area contributed by atoms with Gasteiger partial charge < -0.3 is 15.0 Å². The smallest absolute Gasteiger partial charge is 0.251 e. The van der Waals surface area contributed by atoms with Crippen molar-refractivity contribution in [3.05, 3.63) is 29.8 Å². The Labute approximate surface area is 172 Å². The number of ether oxygens (including phenoxy) is 1. The molecule has 2 aliphatic rings. The van der Waals surface area contributed by atoms with Gasteiger partial charge in [0.1, 0.15) is 0 Å². The van der Waals surface area contributed by atoms with Gasteiger partial charge in [-0.15, -0.1) is 0 Å². The number of hydrogen-bond acceptors (Lipinski definition) is 5. The minimum absolute atomic E-state index is 0.106. The first-order valence-electron chi connectivity index (χ1n) is 10.1. The molecule has 0 saturated carbocycles. The number of nitrogens with one attached hydrogen (secondary N) is 1. The predicted octanol–water partition coefficient (Wildman–Crippen LogP) is 1.23. The summed E-state index contributed by atoms with van der Waals surface area (Å²) in [7, 11) is -3.70. The van der Waals surface area contributed by atoms with Gasteiger partial charge in [0, 0.05) is 44.7 Å². The van der Waals surface area contributed by atoms with E-state index in [0.29, 0.717) is 31.5 Å². The Morgan fingerprint density at radius 2 is 1.97 bits per heavy atom. The number of rotatable bonds is 7. The number of hydrogen-bond donors (Lipinski definition) is 1. The Morgan fingerprint density at radius 3 is 2.62 bits per heavy atom. The van der Waals surface area contributed by atoms with Crippen LogP contribution in [0, 0.1) is 0 Å². The Morgan fingerprint density at radius 1 is 1.24 bits per heavy atom. The van der Waals surface area contributed by atoms with E-state index in [1.165, 1.54) is 16.4 Å². The zero-order valence-corrected chi connectivity index (χ0v) is 17.8. The summed E-state index contributed by atoms with van der Waals surface area (Å²) in [5, 5.41) is 2.80. The summed E-state index contributed by atoms with van der Waals surface area (Å²) in [5.74, 6) is -0.153. The van der Waals surface area contributed by atoms with Crippen molar-refractivity contribution in [1.82, 2.24) is 14.5 Å². The summed E-state index contributed by atoms with van der Waals surface area (Å²) in [6.07, 6.45) is 1.81. The van der Waals surface area contributed by atoms with Crippen LogP contribution >= 0.6 is 0 Å². The number of likely N-dealkylation sites (tertiary alicyclic amines) is 1. The van der Waals surface area contributed by atoms with Crippen molar-refractivity contribution in [3.63, 3.8) is 0 Å². The van der Waals surface area contributed by atoms with E-state index in [4.69, 9.17) is 4.74 Å². The summed E-state index contributed by atoms with van der Waals surface area (Å²) < 4.78 is 33.0. The first kappa shape index (κ1) is 21.7. The number of nitrogens with zero attached hydrogens (tertiary/aromatic N) is 2. The van der Waals surface area contributed by atoms with Gasteiger partial charge in [0.05, 0.1) is 17.1 Å². The minimum atomic E-state index is -3.70. The van der Waals surface area contributed by atoms with Crippen molar-refractivity contribution < 1.29 is 22.7 Å². The maximum absolute atomic E-state index is 13.0. The van der Waals surface area contributed by atoms with E-state index in [9.17, 15) is 18.0 Å². The molecule has 2 heterocycles. The molecule has 2 fully saturated rings. The average Bonchev–Trinajstić information content (AvgIpc) is 3.09. The third kappa shape index (κ3) is 5.34. The van der Waals surface area contributed by atoms with E-state index in [1.54, 1.807) is 12.1 Å². The first-order valence-corrected chi connectivity index (χ1v) is 11.5. The lowest BCUT2D eigenvalue weighted by molar-refractivity contribution is -0.127. The van der Waals surface area contributed by atoms with Crippen LogP contribution in [-0.4, -0.2) is 74.4 Å². The number of morpholine rings is 1. The Kier molecular flexibility index (Phi) is 6.92. The SMILES string of the molecule is CC1CN(S(=O)(=O)c2cccc(C(=O)NCCCN3CCCC3=O)c2)CC(C)O1. The second kappa shape index (κ2) is 9.23. The summed E-state index contributed by atoms with van der Waals surface area (Å²) in [6.45, 7) is 6.11. The van der Waals surface area contributed by atoms with Gasteiger partial charge in [-0.05, 0) is 44.9 Å². The zero-order chi connectivity index (χ0) is 21.0. The molecule has 29 heavy (non-hydrogen) atoms. The van der Waals surface area contributed by atoms with Gasteiger partial charge in [-0.25, -0.2) is 8.42 Å². The number of benzene rings is 1. The molecule has 1 N–H and O–H groups in total. The topological polar surface area (TPSA) is 96.0 Å². The van der Waals surface area contributed by atoms with E-state index >= 15 is 0 Å². The molecule has 2 amide bonds. The largest absolute Gasteiger partial charge is 0.373 e. The van der Waals surface area contributed by atoms with Gasteiger partial charge in [0.15, 0.2) is 0 Å². The fourth-order valence-corrected chi connectivity index (χ4v) is 5.43. The monoisotopic (exact) mass is 423 g/mol. The molecule has 1 aromatic rings. The molecule has 0 aliphatic carbocycles. The molecule has 2 atom stereocenters. The summed E-state index contributed by atoms with van der Waals surface area (Å²) in [6, 6.07) is 6.11. The van der Waals surface area contributed by atoms with Gasteiger partial charge in [-0.3, -0.25) is 9.59 Å². The van der Waals surface area contributed by atoms with Crippen LogP contribution in [-0.2, 0) is 19.6 Å². The van der Waals surface area contributed by atoms with Gasteiger partial charge in [0.2, 0.25) is 15.9 Å². The summed E-state index contributed by atoms with van der Waals surface area (Å²) >= 11 is 0.